The zero-order chi connectivity index (χ0) is 14.2. The SMILES string of the molecule is C#CCN1C(=O)C(C(C)C)Nc2cc(C)c(C)cc21. The number of nitrogens with one attached hydrogen (secondary N) is 1. The van der Waals surface area contributed by atoms with Crippen LogP contribution in [-0.4, -0.2) is 18.5 Å². The molecular weight excluding hydrogens is 236 g/mol. The lowest BCUT2D eigenvalue weighted by atomic mass is 9.97. The summed E-state index contributed by atoms with van der Waals surface area (Å²) in [5, 5.41) is 3.34. The van der Waals surface area contributed by atoms with Gasteiger partial charge in [-0.05, 0) is 43.0 Å². The number of benzene rings is 1. The molecule has 1 unspecified atom stereocenters. The van der Waals surface area contributed by atoms with Crippen molar-refractivity contribution in [1.29, 1.82) is 0 Å². The molecule has 1 heterocycles. The summed E-state index contributed by atoms with van der Waals surface area (Å²) in [4.78, 5) is 14.2. The van der Waals surface area contributed by atoms with Gasteiger partial charge in [0.05, 0.1) is 17.9 Å². The van der Waals surface area contributed by atoms with Crippen LogP contribution in [-0.2, 0) is 4.79 Å². The van der Waals surface area contributed by atoms with Gasteiger partial charge < -0.3 is 5.32 Å². The molecule has 0 saturated heterocycles. The number of amides is 1. The number of rotatable bonds is 2. The molecule has 1 amide bonds. The van der Waals surface area contributed by atoms with Crippen molar-refractivity contribution in [2.45, 2.75) is 33.7 Å². The Labute approximate surface area is 115 Å². The highest BCUT2D eigenvalue weighted by Gasteiger charge is 2.34. The minimum Gasteiger partial charge on any atom is -0.372 e. The minimum absolute atomic E-state index is 0.0590. The second-order valence-corrected chi connectivity index (χ2v) is 5.45. The van der Waals surface area contributed by atoms with Crippen LogP contribution in [0.15, 0.2) is 12.1 Å². The Bertz CT molecular complexity index is 555. The number of hydrogen-bond donors (Lipinski definition) is 1. The third-order valence-electron chi connectivity index (χ3n) is 3.66. The van der Waals surface area contributed by atoms with E-state index < -0.39 is 0 Å². The van der Waals surface area contributed by atoms with Gasteiger partial charge in [0.1, 0.15) is 6.04 Å². The molecule has 0 aliphatic carbocycles. The van der Waals surface area contributed by atoms with E-state index in [0.29, 0.717) is 6.54 Å². The van der Waals surface area contributed by atoms with Crippen LogP contribution in [0.4, 0.5) is 11.4 Å². The fourth-order valence-corrected chi connectivity index (χ4v) is 2.36. The van der Waals surface area contributed by atoms with E-state index in [1.807, 2.05) is 26.8 Å². The lowest BCUT2D eigenvalue weighted by Crippen LogP contribution is -2.49. The first-order valence-electron chi connectivity index (χ1n) is 6.58. The van der Waals surface area contributed by atoms with E-state index in [1.54, 1.807) is 4.90 Å². The van der Waals surface area contributed by atoms with Crippen molar-refractivity contribution in [3.05, 3.63) is 23.3 Å². The molecule has 1 N–H and O–H groups in total. The Morgan fingerprint density at radius 2 is 2.00 bits per heavy atom. The van der Waals surface area contributed by atoms with Crippen LogP contribution in [0, 0.1) is 32.1 Å². The molecule has 2 rings (SSSR count). The normalized spacial score (nSPS) is 18.0. The average Bonchev–Trinajstić information content (AvgIpc) is 2.35. The number of carbonyl (C=O) groups is 1. The van der Waals surface area contributed by atoms with Crippen LogP contribution >= 0.6 is 0 Å². The van der Waals surface area contributed by atoms with Crippen LogP contribution in [0.3, 0.4) is 0 Å². The summed E-state index contributed by atoms with van der Waals surface area (Å²) in [6.45, 7) is 8.51. The molecule has 100 valence electrons. The monoisotopic (exact) mass is 256 g/mol. The lowest BCUT2D eigenvalue weighted by Gasteiger charge is -2.36. The number of hydrogen-bond acceptors (Lipinski definition) is 2. The highest BCUT2D eigenvalue weighted by Crippen LogP contribution is 2.35. The van der Waals surface area contributed by atoms with Crippen LogP contribution in [0.1, 0.15) is 25.0 Å². The van der Waals surface area contributed by atoms with Crippen molar-refractivity contribution >= 4 is 17.3 Å². The molecule has 0 spiro atoms. The Morgan fingerprint density at radius 3 is 2.58 bits per heavy atom. The molecule has 1 aliphatic rings. The topological polar surface area (TPSA) is 32.3 Å². The summed E-state index contributed by atoms with van der Waals surface area (Å²) in [6.07, 6.45) is 5.40. The molecule has 19 heavy (non-hydrogen) atoms. The van der Waals surface area contributed by atoms with Crippen LogP contribution in [0.25, 0.3) is 0 Å². The van der Waals surface area contributed by atoms with Crippen LogP contribution < -0.4 is 10.2 Å². The summed E-state index contributed by atoms with van der Waals surface area (Å²) in [5.41, 5.74) is 4.27. The molecule has 1 aromatic carbocycles. The largest absolute Gasteiger partial charge is 0.372 e. The molecule has 0 aromatic heterocycles. The summed E-state index contributed by atoms with van der Waals surface area (Å²) in [5.74, 6) is 2.86. The standard InChI is InChI=1S/C16H20N2O/c1-6-7-18-14-9-12(5)11(4)8-13(14)17-15(10(2)3)16(18)19/h1,8-10,15,17H,7H2,2-5H3. The second-order valence-electron chi connectivity index (χ2n) is 5.45. The number of terminal acetylenes is 1. The van der Waals surface area contributed by atoms with Gasteiger partial charge in [-0.1, -0.05) is 19.8 Å². The Kier molecular flexibility index (Phi) is 3.53. The fraction of sp³-hybridized carbons (Fsp3) is 0.438. The van der Waals surface area contributed by atoms with Gasteiger partial charge in [0, 0.05) is 0 Å². The van der Waals surface area contributed by atoms with Gasteiger partial charge in [-0.15, -0.1) is 6.42 Å². The molecule has 0 radical (unpaired) electrons. The van der Waals surface area contributed by atoms with Gasteiger partial charge in [0.15, 0.2) is 0 Å². The first kappa shape index (κ1) is 13.5. The zero-order valence-corrected chi connectivity index (χ0v) is 11.9. The molecule has 1 aliphatic heterocycles. The number of fused-ring (bicyclic) bond motifs is 1. The second kappa shape index (κ2) is 4.97. The van der Waals surface area contributed by atoms with Gasteiger partial charge in [-0.3, -0.25) is 9.69 Å². The third kappa shape index (κ3) is 2.31. The summed E-state index contributed by atoms with van der Waals surface area (Å²) >= 11 is 0. The Morgan fingerprint density at radius 1 is 1.37 bits per heavy atom. The van der Waals surface area contributed by atoms with E-state index in [1.165, 1.54) is 11.1 Å². The van der Waals surface area contributed by atoms with Gasteiger partial charge in [0.25, 0.3) is 5.91 Å². The van der Waals surface area contributed by atoms with E-state index in [9.17, 15) is 4.79 Å². The Balaban J connectivity index is 2.53. The molecule has 1 aromatic rings. The zero-order valence-electron chi connectivity index (χ0n) is 11.9. The van der Waals surface area contributed by atoms with Crippen molar-refractivity contribution in [1.82, 2.24) is 0 Å². The average molecular weight is 256 g/mol. The minimum atomic E-state index is -0.206. The quantitative estimate of drug-likeness (QED) is 0.825. The third-order valence-corrected chi connectivity index (χ3v) is 3.66. The first-order chi connectivity index (χ1) is 8.95. The lowest BCUT2D eigenvalue weighted by molar-refractivity contribution is -0.120. The summed E-state index contributed by atoms with van der Waals surface area (Å²) in [7, 11) is 0. The van der Waals surface area contributed by atoms with Gasteiger partial charge in [0.2, 0.25) is 0 Å². The van der Waals surface area contributed by atoms with Crippen molar-refractivity contribution < 1.29 is 4.79 Å². The molecular formula is C16H20N2O. The van der Waals surface area contributed by atoms with E-state index in [0.717, 1.165) is 11.4 Å². The molecule has 3 heteroatoms. The highest BCUT2D eigenvalue weighted by atomic mass is 16.2. The summed E-state index contributed by atoms with van der Waals surface area (Å²) < 4.78 is 0. The molecule has 0 saturated carbocycles. The number of carbonyl (C=O) groups excluding carboxylic acids is 1. The molecule has 0 fully saturated rings. The predicted molar refractivity (Wildman–Crippen MR) is 79.4 cm³/mol. The maximum Gasteiger partial charge on any atom is 0.250 e. The van der Waals surface area contributed by atoms with Gasteiger partial charge >= 0.3 is 0 Å². The van der Waals surface area contributed by atoms with E-state index in [2.05, 4.69) is 24.2 Å². The molecule has 3 nitrogen and oxygen atoms in total. The maximum atomic E-state index is 12.5. The predicted octanol–water partition coefficient (Wildman–Crippen LogP) is 2.72. The Hall–Kier alpha value is -1.95. The van der Waals surface area contributed by atoms with Crippen molar-refractivity contribution in [2.75, 3.05) is 16.8 Å². The van der Waals surface area contributed by atoms with Crippen LogP contribution in [0.5, 0.6) is 0 Å². The van der Waals surface area contributed by atoms with Gasteiger partial charge in [-0.25, -0.2) is 0 Å². The van der Waals surface area contributed by atoms with E-state index in [-0.39, 0.29) is 17.9 Å². The van der Waals surface area contributed by atoms with Crippen molar-refractivity contribution in [3.63, 3.8) is 0 Å². The van der Waals surface area contributed by atoms with Crippen LogP contribution in [0.2, 0.25) is 0 Å². The summed E-state index contributed by atoms with van der Waals surface area (Å²) in [6, 6.07) is 3.92. The number of nitrogens with zero attached hydrogens (tertiary/aromatic N) is 1. The first-order valence-corrected chi connectivity index (χ1v) is 6.58. The van der Waals surface area contributed by atoms with E-state index in [4.69, 9.17) is 6.42 Å². The number of anilines is 2. The van der Waals surface area contributed by atoms with Crippen molar-refractivity contribution in [2.24, 2.45) is 5.92 Å². The molecule has 0 bridgehead atoms. The van der Waals surface area contributed by atoms with Gasteiger partial charge in [-0.2, -0.15) is 0 Å². The fourth-order valence-electron chi connectivity index (χ4n) is 2.36. The number of aryl methyl sites for hydroxylation is 2. The van der Waals surface area contributed by atoms with Crippen molar-refractivity contribution in [3.8, 4) is 12.3 Å². The molecule has 1 atom stereocenters. The van der Waals surface area contributed by atoms with E-state index >= 15 is 0 Å². The maximum absolute atomic E-state index is 12.5. The smallest absolute Gasteiger partial charge is 0.250 e. The highest BCUT2D eigenvalue weighted by molar-refractivity contribution is 6.05.